The third kappa shape index (κ3) is 3.23. The Balaban J connectivity index is 3.10. The number of hydrogen-bond donors (Lipinski definition) is 0. The first-order chi connectivity index (χ1) is 7.56. The molecule has 0 aliphatic heterocycles. The van der Waals surface area contributed by atoms with Crippen molar-refractivity contribution in [1.82, 2.24) is 0 Å². The van der Waals surface area contributed by atoms with Crippen molar-refractivity contribution in [3.63, 3.8) is 0 Å². The van der Waals surface area contributed by atoms with Crippen molar-refractivity contribution < 1.29 is 9.53 Å². The Bertz CT molecular complexity index is 392. The molecule has 0 spiro atoms. The first kappa shape index (κ1) is 12.5. The van der Waals surface area contributed by atoms with Crippen LogP contribution in [0.3, 0.4) is 0 Å². The van der Waals surface area contributed by atoms with Gasteiger partial charge in [0.15, 0.2) is 0 Å². The van der Waals surface area contributed by atoms with Gasteiger partial charge in [-0.1, -0.05) is 32.6 Å². The lowest BCUT2D eigenvalue weighted by Gasteiger charge is -2.08. The topological polar surface area (TPSA) is 26.3 Å². The van der Waals surface area contributed by atoms with E-state index in [-0.39, 0.29) is 5.97 Å². The SMILES string of the molecule is C=Cc1cc(CC(C)C)cc(C(=O)OC)c1. The van der Waals surface area contributed by atoms with Crippen molar-refractivity contribution in [3.8, 4) is 0 Å². The largest absolute Gasteiger partial charge is 0.465 e. The zero-order valence-electron chi connectivity index (χ0n) is 10.1. The third-order valence-electron chi connectivity index (χ3n) is 2.32. The van der Waals surface area contributed by atoms with Gasteiger partial charge < -0.3 is 4.74 Å². The Labute approximate surface area is 96.9 Å². The molecule has 0 heterocycles. The Morgan fingerprint density at radius 2 is 2.12 bits per heavy atom. The summed E-state index contributed by atoms with van der Waals surface area (Å²) in [6.07, 6.45) is 2.70. The van der Waals surface area contributed by atoms with E-state index in [2.05, 4.69) is 26.5 Å². The van der Waals surface area contributed by atoms with E-state index < -0.39 is 0 Å². The van der Waals surface area contributed by atoms with Crippen LogP contribution in [0.25, 0.3) is 6.08 Å². The van der Waals surface area contributed by atoms with Crippen LogP contribution in [0.1, 0.15) is 35.3 Å². The Morgan fingerprint density at radius 1 is 1.44 bits per heavy atom. The van der Waals surface area contributed by atoms with E-state index in [0.29, 0.717) is 11.5 Å². The van der Waals surface area contributed by atoms with Crippen molar-refractivity contribution in [1.29, 1.82) is 0 Å². The average Bonchev–Trinajstić information content (AvgIpc) is 2.26. The molecule has 0 amide bonds. The molecule has 1 rings (SSSR count). The molecule has 1 aromatic rings. The number of methoxy groups -OCH3 is 1. The number of carbonyl (C=O) groups excluding carboxylic acids is 1. The van der Waals surface area contributed by atoms with E-state index in [9.17, 15) is 4.79 Å². The van der Waals surface area contributed by atoms with Gasteiger partial charge in [0.1, 0.15) is 0 Å². The Kier molecular flexibility index (Phi) is 4.29. The molecule has 0 bridgehead atoms. The van der Waals surface area contributed by atoms with Crippen LogP contribution in [0.4, 0.5) is 0 Å². The van der Waals surface area contributed by atoms with Gasteiger partial charge in [0.05, 0.1) is 12.7 Å². The maximum atomic E-state index is 11.5. The Morgan fingerprint density at radius 3 is 2.62 bits per heavy atom. The summed E-state index contributed by atoms with van der Waals surface area (Å²) in [5.74, 6) is 0.263. The molecule has 0 saturated heterocycles. The quantitative estimate of drug-likeness (QED) is 0.725. The highest BCUT2D eigenvalue weighted by molar-refractivity contribution is 5.90. The first-order valence-electron chi connectivity index (χ1n) is 5.41. The van der Waals surface area contributed by atoms with Crippen LogP contribution in [0.5, 0.6) is 0 Å². The fourth-order valence-corrected chi connectivity index (χ4v) is 1.66. The molecule has 16 heavy (non-hydrogen) atoms. The van der Waals surface area contributed by atoms with E-state index in [4.69, 9.17) is 4.74 Å². The highest BCUT2D eigenvalue weighted by Gasteiger charge is 2.08. The van der Waals surface area contributed by atoms with E-state index in [0.717, 1.165) is 17.5 Å². The lowest BCUT2D eigenvalue weighted by Crippen LogP contribution is -2.04. The molecule has 0 N–H and O–H groups in total. The standard InChI is InChI=1S/C14H18O2/c1-5-11-7-12(6-10(2)3)9-13(8-11)14(15)16-4/h5,7-10H,1,6H2,2-4H3. The summed E-state index contributed by atoms with van der Waals surface area (Å²) in [4.78, 5) is 11.5. The van der Waals surface area contributed by atoms with Gasteiger partial charge in [0.25, 0.3) is 0 Å². The van der Waals surface area contributed by atoms with E-state index in [1.165, 1.54) is 7.11 Å². The second-order valence-electron chi connectivity index (χ2n) is 4.26. The van der Waals surface area contributed by atoms with E-state index in [1.807, 2.05) is 6.07 Å². The molecular formula is C14H18O2. The second kappa shape index (κ2) is 5.50. The van der Waals surface area contributed by atoms with Crippen molar-refractivity contribution in [2.45, 2.75) is 20.3 Å². The molecule has 0 atom stereocenters. The number of esters is 1. The second-order valence-corrected chi connectivity index (χ2v) is 4.26. The molecule has 0 unspecified atom stereocenters. The van der Waals surface area contributed by atoms with Gasteiger partial charge in [-0.3, -0.25) is 0 Å². The molecule has 1 aromatic carbocycles. The summed E-state index contributed by atoms with van der Waals surface area (Å²) in [5.41, 5.74) is 2.70. The molecular weight excluding hydrogens is 200 g/mol. The van der Waals surface area contributed by atoms with Gasteiger partial charge in [-0.15, -0.1) is 0 Å². The predicted octanol–water partition coefficient (Wildman–Crippen LogP) is 3.31. The summed E-state index contributed by atoms with van der Waals surface area (Å²) < 4.78 is 4.72. The minimum Gasteiger partial charge on any atom is -0.465 e. The summed E-state index contributed by atoms with van der Waals surface area (Å²) in [5, 5.41) is 0. The van der Waals surface area contributed by atoms with E-state index >= 15 is 0 Å². The molecule has 0 aliphatic rings. The first-order valence-corrected chi connectivity index (χ1v) is 5.41. The summed E-state index contributed by atoms with van der Waals surface area (Å²) in [7, 11) is 1.39. The molecule has 2 nitrogen and oxygen atoms in total. The van der Waals surface area contributed by atoms with Crippen LogP contribution >= 0.6 is 0 Å². The zero-order valence-corrected chi connectivity index (χ0v) is 10.1. The van der Waals surface area contributed by atoms with Crippen LogP contribution in [-0.2, 0) is 11.2 Å². The van der Waals surface area contributed by atoms with Gasteiger partial charge in [0, 0.05) is 0 Å². The predicted molar refractivity (Wildman–Crippen MR) is 66.4 cm³/mol. The highest BCUT2D eigenvalue weighted by Crippen LogP contribution is 2.15. The minimum atomic E-state index is -0.297. The maximum absolute atomic E-state index is 11.5. The van der Waals surface area contributed by atoms with Gasteiger partial charge in [-0.05, 0) is 35.6 Å². The molecule has 86 valence electrons. The number of benzene rings is 1. The molecule has 0 saturated carbocycles. The fourth-order valence-electron chi connectivity index (χ4n) is 1.66. The van der Waals surface area contributed by atoms with Crippen molar-refractivity contribution in [2.24, 2.45) is 5.92 Å². The van der Waals surface area contributed by atoms with Crippen LogP contribution in [0.15, 0.2) is 24.8 Å². The number of hydrogen-bond acceptors (Lipinski definition) is 2. The third-order valence-corrected chi connectivity index (χ3v) is 2.32. The van der Waals surface area contributed by atoms with Gasteiger partial charge >= 0.3 is 5.97 Å². The number of ether oxygens (including phenoxy) is 1. The lowest BCUT2D eigenvalue weighted by atomic mass is 9.98. The molecule has 2 heteroatoms. The smallest absolute Gasteiger partial charge is 0.337 e. The summed E-state index contributed by atoms with van der Waals surface area (Å²) >= 11 is 0. The van der Waals surface area contributed by atoms with Gasteiger partial charge in [0.2, 0.25) is 0 Å². The van der Waals surface area contributed by atoms with Crippen LogP contribution in [0, 0.1) is 5.92 Å². The number of carbonyl (C=O) groups is 1. The zero-order chi connectivity index (χ0) is 12.1. The molecule has 0 fully saturated rings. The van der Waals surface area contributed by atoms with Crippen molar-refractivity contribution >= 4 is 12.0 Å². The normalized spacial score (nSPS) is 10.2. The Hall–Kier alpha value is -1.57. The van der Waals surface area contributed by atoms with E-state index in [1.54, 1.807) is 12.1 Å². The lowest BCUT2D eigenvalue weighted by molar-refractivity contribution is 0.0600. The number of rotatable bonds is 4. The molecule has 0 aliphatic carbocycles. The highest BCUT2D eigenvalue weighted by atomic mass is 16.5. The monoisotopic (exact) mass is 218 g/mol. The fraction of sp³-hybridized carbons (Fsp3) is 0.357. The maximum Gasteiger partial charge on any atom is 0.337 e. The summed E-state index contributed by atoms with van der Waals surface area (Å²) in [6.45, 7) is 8.03. The van der Waals surface area contributed by atoms with Gasteiger partial charge in [-0.2, -0.15) is 0 Å². The molecule has 0 aromatic heterocycles. The molecule has 0 radical (unpaired) electrons. The van der Waals surface area contributed by atoms with Crippen LogP contribution in [-0.4, -0.2) is 13.1 Å². The van der Waals surface area contributed by atoms with Gasteiger partial charge in [-0.25, -0.2) is 4.79 Å². The van der Waals surface area contributed by atoms with Crippen molar-refractivity contribution in [3.05, 3.63) is 41.5 Å². The van der Waals surface area contributed by atoms with Crippen LogP contribution in [0.2, 0.25) is 0 Å². The van der Waals surface area contributed by atoms with Crippen molar-refractivity contribution in [2.75, 3.05) is 7.11 Å². The van der Waals surface area contributed by atoms with Crippen LogP contribution < -0.4 is 0 Å². The minimum absolute atomic E-state index is 0.297. The summed E-state index contributed by atoms with van der Waals surface area (Å²) in [6, 6.07) is 5.74. The average molecular weight is 218 g/mol.